The lowest BCUT2D eigenvalue weighted by molar-refractivity contribution is 0.304. The number of benzene rings is 2. The standard InChI is InChI=1S/C24H29N3O/c1-2-3-17-26-24-22(14-15-23(25)27-24)28-18-16-21(19-10-6-4-7-11-19)20-12-8-5-9-13-20/h4-15,21H,2-3,16-18H2,1H3,(H3,25,26,27). The first-order valence-electron chi connectivity index (χ1n) is 10.0. The van der Waals surface area contributed by atoms with Crippen LogP contribution < -0.4 is 15.8 Å². The SMILES string of the molecule is CCCCNc1nc(N)ccc1OCCC(c1ccccc1)c1ccccc1. The van der Waals surface area contributed by atoms with Crippen molar-refractivity contribution >= 4 is 11.6 Å². The van der Waals surface area contributed by atoms with Crippen LogP contribution in [-0.4, -0.2) is 18.1 Å². The molecule has 0 aliphatic carbocycles. The first kappa shape index (κ1) is 19.7. The molecule has 0 saturated heterocycles. The first-order valence-corrected chi connectivity index (χ1v) is 10.0. The van der Waals surface area contributed by atoms with Gasteiger partial charge < -0.3 is 15.8 Å². The number of rotatable bonds is 10. The van der Waals surface area contributed by atoms with Crippen LogP contribution in [0.4, 0.5) is 11.6 Å². The Balaban J connectivity index is 1.69. The molecule has 3 N–H and O–H groups in total. The van der Waals surface area contributed by atoms with Crippen LogP contribution in [0.15, 0.2) is 72.8 Å². The highest BCUT2D eigenvalue weighted by Gasteiger charge is 2.15. The molecular formula is C24H29N3O. The zero-order valence-corrected chi connectivity index (χ0v) is 16.5. The molecule has 0 aliphatic heterocycles. The number of nitrogen functional groups attached to an aromatic ring is 1. The molecule has 146 valence electrons. The number of unbranched alkanes of at least 4 members (excludes halogenated alkanes) is 1. The maximum Gasteiger partial charge on any atom is 0.170 e. The highest BCUT2D eigenvalue weighted by molar-refractivity contribution is 5.54. The van der Waals surface area contributed by atoms with Gasteiger partial charge in [-0.05, 0) is 36.1 Å². The van der Waals surface area contributed by atoms with Gasteiger partial charge in [0.15, 0.2) is 11.6 Å². The monoisotopic (exact) mass is 375 g/mol. The van der Waals surface area contributed by atoms with E-state index in [1.54, 1.807) is 6.07 Å². The zero-order chi connectivity index (χ0) is 19.6. The third kappa shape index (κ3) is 5.49. The smallest absolute Gasteiger partial charge is 0.170 e. The van der Waals surface area contributed by atoms with Crippen molar-refractivity contribution in [3.63, 3.8) is 0 Å². The number of hydrogen-bond acceptors (Lipinski definition) is 4. The topological polar surface area (TPSA) is 60.2 Å². The van der Waals surface area contributed by atoms with Gasteiger partial charge in [-0.15, -0.1) is 0 Å². The van der Waals surface area contributed by atoms with Crippen molar-refractivity contribution < 1.29 is 4.74 Å². The lowest BCUT2D eigenvalue weighted by atomic mass is 9.89. The lowest BCUT2D eigenvalue weighted by Crippen LogP contribution is -2.10. The molecule has 28 heavy (non-hydrogen) atoms. The second-order valence-electron chi connectivity index (χ2n) is 6.87. The summed E-state index contributed by atoms with van der Waals surface area (Å²) in [6.45, 7) is 3.63. The highest BCUT2D eigenvalue weighted by atomic mass is 16.5. The van der Waals surface area contributed by atoms with Gasteiger partial charge in [0.05, 0.1) is 6.61 Å². The molecule has 0 aliphatic rings. The van der Waals surface area contributed by atoms with Crippen LogP contribution in [0.25, 0.3) is 0 Å². The Kier molecular flexibility index (Phi) is 7.30. The molecule has 0 spiro atoms. The number of pyridine rings is 1. The van der Waals surface area contributed by atoms with Crippen LogP contribution in [0.1, 0.15) is 43.2 Å². The Bertz CT molecular complexity index is 797. The largest absolute Gasteiger partial charge is 0.490 e. The number of nitrogens with two attached hydrogens (primary N) is 1. The Labute approximate surface area is 167 Å². The minimum atomic E-state index is 0.292. The summed E-state index contributed by atoms with van der Waals surface area (Å²) in [5.41, 5.74) is 8.45. The molecule has 3 aromatic rings. The van der Waals surface area contributed by atoms with Gasteiger partial charge in [0.25, 0.3) is 0 Å². The molecule has 0 unspecified atom stereocenters. The Morgan fingerprint density at radius 3 is 2.18 bits per heavy atom. The number of ether oxygens (including phenoxy) is 1. The van der Waals surface area contributed by atoms with E-state index in [1.807, 2.05) is 6.07 Å². The Hall–Kier alpha value is -3.01. The second kappa shape index (κ2) is 10.4. The van der Waals surface area contributed by atoms with Crippen LogP contribution in [0.5, 0.6) is 5.75 Å². The van der Waals surface area contributed by atoms with E-state index in [1.165, 1.54) is 11.1 Å². The molecule has 0 saturated carbocycles. The molecule has 2 aromatic carbocycles. The van der Waals surface area contributed by atoms with E-state index in [-0.39, 0.29) is 0 Å². The van der Waals surface area contributed by atoms with Crippen molar-refractivity contribution in [1.29, 1.82) is 0 Å². The fourth-order valence-corrected chi connectivity index (χ4v) is 3.27. The number of nitrogens with one attached hydrogen (secondary N) is 1. The van der Waals surface area contributed by atoms with Crippen LogP contribution in [0, 0.1) is 0 Å². The van der Waals surface area contributed by atoms with Crippen molar-refractivity contribution in [2.24, 2.45) is 0 Å². The summed E-state index contributed by atoms with van der Waals surface area (Å²) in [5, 5.41) is 3.34. The van der Waals surface area contributed by atoms with Crippen LogP contribution in [0.3, 0.4) is 0 Å². The predicted octanol–water partition coefficient (Wildman–Crippen LogP) is 5.48. The van der Waals surface area contributed by atoms with Gasteiger partial charge in [-0.25, -0.2) is 4.98 Å². The van der Waals surface area contributed by atoms with Gasteiger partial charge in [-0.2, -0.15) is 0 Å². The fraction of sp³-hybridized carbons (Fsp3) is 0.292. The molecular weight excluding hydrogens is 346 g/mol. The summed E-state index contributed by atoms with van der Waals surface area (Å²) in [5.74, 6) is 2.27. The maximum absolute atomic E-state index is 6.12. The number of anilines is 2. The summed E-state index contributed by atoms with van der Waals surface area (Å²) in [7, 11) is 0. The molecule has 0 radical (unpaired) electrons. The molecule has 0 amide bonds. The minimum Gasteiger partial charge on any atom is -0.490 e. The summed E-state index contributed by atoms with van der Waals surface area (Å²) in [4.78, 5) is 4.40. The van der Waals surface area contributed by atoms with E-state index in [4.69, 9.17) is 10.5 Å². The van der Waals surface area contributed by atoms with Crippen LogP contribution >= 0.6 is 0 Å². The van der Waals surface area contributed by atoms with E-state index in [9.17, 15) is 0 Å². The molecule has 3 rings (SSSR count). The minimum absolute atomic E-state index is 0.292. The average Bonchev–Trinajstić information content (AvgIpc) is 2.74. The third-order valence-electron chi connectivity index (χ3n) is 4.77. The molecule has 0 fully saturated rings. The van der Waals surface area contributed by atoms with Crippen molar-refractivity contribution in [3.05, 3.63) is 83.9 Å². The molecule has 0 bridgehead atoms. The quantitative estimate of drug-likeness (QED) is 0.461. The van der Waals surface area contributed by atoms with Crippen molar-refractivity contribution in [2.45, 2.75) is 32.1 Å². The van der Waals surface area contributed by atoms with Crippen LogP contribution in [0.2, 0.25) is 0 Å². The molecule has 1 aromatic heterocycles. The van der Waals surface area contributed by atoms with Crippen molar-refractivity contribution in [1.82, 2.24) is 4.98 Å². The van der Waals surface area contributed by atoms with E-state index >= 15 is 0 Å². The molecule has 4 heteroatoms. The highest BCUT2D eigenvalue weighted by Crippen LogP contribution is 2.29. The summed E-state index contributed by atoms with van der Waals surface area (Å²) < 4.78 is 6.12. The average molecular weight is 376 g/mol. The second-order valence-corrected chi connectivity index (χ2v) is 6.87. The van der Waals surface area contributed by atoms with Gasteiger partial charge in [-0.1, -0.05) is 74.0 Å². The van der Waals surface area contributed by atoms with Crippen molar-refractivity contribution in [3.8, 4) is 5.75 Å². The maximum atomic E-state index is 6.12. The Morgan fingerprint density at radius 2 is 1.57 bits per heavy atom. The van der Waals surface area contributed by atoms with Gasteiger partial charge in [0.2, 0.25) is 0 Å². The summed E-state index contributed by atoms with van der Waals surface area (Å²) in [6.07, 6.45) is 3.09. The van der Waals surface area contributed by atoms with E-state index < -0.39 is 0 Å². The molecule has 1 heterocycles. The van der Waals surface area contributed by atoms with E-state index in [2.05, 4.69) is 77.9 Å². The van der Waals surface area contributed by atoms with Gasteiger partial charge in [-0.3, -0.25) is 0 Å². The van der Waals surface area contributed by atoms with Crippen molar-refractivity contribution in [2.75, 3.05) is 24.2 Å². The van der Waals surface area contributed by atoms with E-state index in [0.717, 1.165) is 37.4 Å². The Morgan fingerprint density at radius 1 is 0.929 bits per heavy atom. The summed E-state index contributed by atoms with van der Waals surface area (Å²) in [6, 6.07) is 24.9. The number of hydrogen-bond donors (Lipinski definition) is 2. The number of aromatic nitrogens is 1. The van der Waals surface area contributed by atoms with E-state index in [0.29, 0.717) is 18.3 Å². The lowest BCUT2D eigenvalue weighted by Gasteiger charge is -2.19. The third-order valence-corrected chi connectivity index (χ3v) is 4.77. The fourth-order valence-electron chi connectivity index (χ4n) is 3.27. The molecule has 4 nitrogen and oxygen atoms in total. The predicted molar refractivity (Wildman–Crippen MR) is 117 cm³/mol. The normalized spacial score (nSPS) is 10.8. The number of nitrogens with zero attached hydrogens (tertiary/aromatic N) is 1. The van der Waals surface area contributed by atoms with Gasteiger partial charge in [0, 0.05) is 12.5 Å². The molecule has 0 atom stereocenters. The van der Waals surface area contributed by atoms with Gasteiger partial charge in [0.1, 0.15) is 5.82 Å². The zero-order valence-electron chi connectivity index (χ0n) is 16.5. The first-order chi connectivity index (χ1) is 13.8. The van der Waals surface area contributed by atoms with Crippen LogP contribution in [-0.2, 0) is 0 Å². The summed E-state index contributed by atoms with van der Waals surface area (Å²) >= 11 is 0. The van der Waals surface area contributed by atoms with Gasteiger partial charge >= 0.3 is 0 Å².